The van der Waals surface area contributed by atoms with E-state index in [1.54, 1.807) is 18.3 Å². The first-order valence-electron chi connectivity index (χ1n) is 4.74. The summed E-state index contributed by atoms with van der Waals surface area (Å²) in [4.78, 5) is 13.9. The van der Waals surface area contributed by atoms with Gasteiger partial charge in [0, 0.05) is 6.20 Å². The maximum absolute atomic E-state index is 10.4. The zero-order valence-electron chi connectivity index (χ0n) is 8.59. The van der Waals surface area contributed by atoms with Gasteiger partial charge in [0.2, 0.25) is 0 Å². The molecule has 0 saturated carbocycles. The van der Waals surface area contributed by atoms with Crippen molar-refractivity contribution in [2.24, 2.45) is 0 Å². The molecule has 0 aliphatic heterocycles. The fraction of sp³-hybridized carbons (Fsp3) is 0.100. The number of aromatic nitrogens is 1. The molecule has 88 valence electrons. The normalized spacial score (nSPS) is 10.2. The third-order valence-electron chi connectivity index (χ3n) is 2.04. The second kappa shape index (κ2) is 4.96. The Morgan fingerprint density at radius 2 is 2.29 bits per heavy atom. The molecule has 7 heteroatoms. The molecular formula is C10H8BrN3O3. The lowest BCUT2D eigenvalue weighted by Gasteiger charge is -2.04. The van der Waals surface area contributed by atoms with Gasteiger partial charge in [0.25, 0.3) is 0 Å². The second-order valence-corrected chi connectivity index (χ2v) is 3.94. The number of rotatable bonds is 4. The van der Waals surface area contributed by atoms with Crippen molar-refractivity contribution >= 4 is 27.5 Å². The molecule has 6 nitrogen and oxygen atoms in total. The highest BCUT2D eigenvalue weighted by atomic mass is 79.9. The Hall–Kier alpha value is -1.89. The molecule has 2 aromatic heterocycles. The van der Waals surface area contributed by atoms with E-state index >= 15 is 0 Å². The van der Waals surface area contributed by atoms with E-state index in [1.165, 1.54) is 6.07 Å². The Bertz CT molecular complexity index is 541. The topological polar surface area (TPSA) is 81.2 Å². The van der Waals surface area contributed by atoms with Gasteiger partial charge in [0.1, 0.15) is 15.3 Å². The molecule has 0 atom stereocenters. The van der Waals surface area contributed by atoms with Gasteiger partial charge in [-0.25, -0.2) is 4.98 Å². The molecule has 0 unspecified atom stereocenters. The van der Waals surface area contributed by atoms with Crippen molar-refractivity contribution in [3.63, 3.8) is 0 Å². The zero-order valence-corrected chi connectivity index (χ0v) is 10.2. The van der Waals surface area contributed by atoms with Gasteiger partial charge in [0.15, 0.2) is 0 Å². The molecular weight excluding hydrogens is 290 g/mol. The largest absolute Gasteiger partial charge is 0.433 e. The number of nitrogens with one attached hydrogen (secondary N) is 1. The smallest absolute Gasteiger partial charge is 0.404 e. The van der Waals surface area contributed by atoms with Crippen LogP contribution in [0, 0.1) is 10.1 Å². The Labute approximate surface area is 105 Å². The Balaban J connectivity index is 2.02. The van der Waals surface area contributed by atoms with Gasteiger partial charge in [-0.15, -0.1) is 0 Å². The monoisotopic (exact) mass is 297 g/mol. The second-order valence-electron chi connectivity index (χ2n) is 3.19. The fourth-order valence-corrected chi connectivity index (χ4v) is 1.65. The summed E-state index contributed by atoms with van der Waals surface area (Å²) in [5.74, 6) is 0.236. The van der Waals surface area contributed by atoms with Crippen molar-refractivity contribution < 1.29 is 9.34 Å². The van der Waals surface area contributed by atoms with Gasteiger partial charge >= 0.3 is 5.88 Å². The quantitative estimate of drug-likeness (QED) is 0.533. The number of nitro groups is 1. The molecule has 0 bridgehead atoms. The summed E-state index contributed by atoms with van der Waals surface area (Å²) in [5, 5.41) is 13.5. The minimum absolute atomic E-state index is 0.257. The van der Waals surface area contributed by atoms with Crippen molar-refractivity contribution in [2.45, 2.75) is 6.54 Å². The highest BCUT2D eigenvalue weighted by Crippen LogP contribution is 2.21. The molecule has 1 N–H and O–H groups in total. The third-order valence-corrected chi connectivity index (χ3v) is 2.67. The van der Waals surface area contributed by atoms with Crippen molar-refractivity contribution in [3.8, 4) is 0 Å². The molecule has 0 fully saturated rings. The van der Waals surface area contributed by atoms with Crippen LogP contribution in [0.4, 0.5) is 11.6 Å². The zero-order chi connectivity index (χ0) is 12.3. The lowest BCUT2D eigenvalue weighted by molar-refractivity contribution is -0.402. The molecule has 0 spiro atoms. The van der Waals surface area contributed by atoms with Crippen LogP contribution < -0.4 is 5.32 Å². The summed E-state index contributed by atoms with van der Waals surface area (Å²) in [6, 6.07) is 6.52. The van der Waals surface area contributed by atoms with E-state index < -0.39 is 4.92 Å². The van der Waals surface area contributed by atoms with Crippen molar-refractivity contribution in [3.05, 3.63) is 50.9 Å². The van der Waals surface area contributed by atoms with Gasteiger partial charge < -0.3 is 9.73 Å². The van der Waals surface area contributed by atoms with E-state index in [9.17, 15) is 10.1 Å². The molecule has 17 heavy (non-hydrogen) atoms. The molecule has 0 radical (unpaired) electrons. The fourth-order valence-electron chi connectivity index (χ4n) is 1.26. The summed E-state index contributed by atoms with van der Waals surface area (Å²) in [6.45, 7) is 0.359. The van der Waals surface area contributed by atoms with Crippen LogP contribution in [0.15, 0.2) is 39.5 Å². The average Bonchev–Trinajstić information content (AvgIpc) is 2.77. The first-order valence-corrected chi connectivity index (χ1v) is 5.53. The standard InChI is InChI=1S/C10H8BrN3O3/c11-10-8(2-1-5-12-10)13-6-7-3-4-9(17-7)14(15)16/h1-5,13H,6H2. The number of nitrogens with zero attached hydrogens (tertiary/aromatic N) is 2. The minimum Gasteiger partial charge on any atom is -0.404 e. The molecule has 0 aliphatic rings. The van der Waals surface area contributed by atoms with E-state index in [-0.39, 0.29) is 5.88 Å². The van der Waals surface area contributed by atoms with Gasteiger partial charge in [-0.1, -0.05) is 0 Å². The van der Waals surface area contributed by atoms with Crippen molar-refractivity contribution in [2.75, 3.05) is 5.32 Å². The van der Waals surface area contributed by atoms with Gasteiger partial charge in [-0.05, 0) is 34.1 Å². The van der Waals surface area contributed by atoms with Crippen LogP contribution in [-0.2, 0) is 6.54 Å². The first-order chi connectivity index (χ1) is 8.16. The number of halogens is 1. The van der Waals surface area contributed by atoms with Crippen LogP contribution in [0.25, 0.3) is 0 Å². The molecule has 0 aromatic carbocycles. The third kappa shape index (κ3) is 2.82. The van der Waals surface area contributed by atoms with Crippen LogP contribution in [0.3, 0.4) is 0 Å². The number of pyridine rings is 1. The van der Waals surface area contributed by atoms with Crippen LogP contribution in [0.2, 0.25) is 0 Å². The van der Waals surface area contributed by atoms with Crippen LogP contribution >= 0.6 is 15.9 Å². The lowest BCUT2D eigenvalue weighted by Crippen LogP contribution is -1.99. The molecule has 2 aromatic rings. The average molecular weight is 298 g/mol. The molecule has 0 aliphatic carbocycles. The predicted molar refractivity (Wildman–Crippen MR) is 64.6 cm³/mol. The van der Waals surface area contributed by atoms with E-state index in [1.807, 2.05) is 6.07 Å². The summed E-state index contributed by atoms with van der Waals surface area (Å²) in [5.41, 5.74) is 0.798. The first kappa shape index (κ1) is 11.6. The summed E-state index contributed by atoms with van der Waals surface area (Å²) in [6.07, 6.45) is 1.66. The lowest BCUT2D eigenvalue weighted by atomic mass is 10.4. The molecule has 2 heterocycles. The Morgan fingerprint density at radius 3 is 2.94 bits per heavy atom. The highest BCUT2D eigenvalue weighted by molar-refractivity contribution is 9.10. The Kier molecular flexibility index (Phi) is 3.38. The van der Waals surface area contributed by atoms with Crippen molar-refractivity contribution in [1.82, 2.24) is 4.98 Å². The van der Waals surface area contributed by atoms with E-state index in [2.05, 4.69) is 26.2 Å². The summed E-state index contributed by atoms with van der Waals surface area (Å²) < 4.78 is 5.69. The van der Waals surface area contributed by atoms with Crippen LogP contribution in [0.1, 0.15) is 5.76 Å². The van der Waals surface area contributed by atoms with Gasteiger partial charge in [0.05, 0.1) is 18.3 Å². The number of hydrogen-bond acceptors (Lipinski definition) is 5. The van der Waals surface area contributed by atoms with E-state index in [0.717, 1.165) is 5.69 Å². The number of anilines is 1. The minimum atomic E-state index is -0.566. The van der Waals surface area contributed by atoms with Crippen LogP contribution in [-0.4, -0.2) is 9.91 Å². The van der Waals surface area contributed by atoms with Gasteiger partial charge in [-0.3, -0.25) is 10.1 Å². The SMILES string of the molecule is O=[N+]([O-])c1ccc(CNc2cccnc2Br)o1. The number of hydrogen-bond donors (Lipinski definition) is 1. The van der Waals surface area contributed by atoms with Gasteiger partial charge in [-0.2, -0.15) is 0 Å². The predicted octanol–water partition coefficient (Wildman–Crippen LogP) is 2.96. The maximum Gasteiger partial charge on any atom is 0.433 e. The summed E-state index contributed by atoms with van der Waals surface area (Å²) >= 11 is 3.29. The van der Waals surface area contributed by atoms with Crippen molar-refractivity contribution in [1.29, 1.82) is 0 Å². The molecule has 0 saturated heterocycles. The maximum atomic E-state index is 10.4. The number of furan rings is 1. The van der Waals surface area contributed by atoms with E-state index in [0.29, 0.717) is 16.9 Å². The summed E-state index contributed by atoms with van der Waals surface area (Å²) in [7, 11) is 0. The highest BCUT2D eigenvalue weighted by Gasteiger charge is 2.11. The van der Waals surface area contributed by atoms with Crippen LogP contribution in [0.5, 0.6) is 0 Å². The van der Waals surface area contributed by atoms with E-state index in [4.69, 9.17) is 4.42 Å². The Morgan fingerprint density at radius 1 is 1.47 bits per heavy atom. The molecule has 2 rings (SSSR count). The molecule has 0 amide bonds.